The molecule has 234 valence electrons. The molecule has 0 fully saturated rings. The van der Waals surface area contributed by atoms with Gasteiger partial charge in [0.1, 0.15) is 11.2 Å². The first-order valence-corrected chi connectivity index (χ1v) is 17.1. The molecule has 0 amide bonds. The second-order valence-electron chi connectivity index (χ2n) is 12.9. The lowest BCUT2D eigenvalue weighted by molar-refractivity contribution is 0.672. The SMILES string of the molecule is c1ccc(-c2ccccc2N(c2ccc(-c3ccc4c(ccc5c6ccccc6oc45)c3)cc2)c2cc3ccccc3c3ccccc23)cc1. The van der Waals surface area contributed by atoms with Crippen LogP contribution in [0, 0.1) is 0 Å². The van der Waals surface area contributed by atoms with E-state index < -0.39 is 0 Å². The lowest BCUT2D eigenvalue weighted by atomic mass is 9.96. The maximum absolute atomic E-state index is 6.33. The van der Waals surface area contributed by atoms with Gasteiger partial charge in [-0.15, -0.1) is 0 Å². The van der Waals surface area contributed by atoms with E-state index in [4.69, 9.17) is 4.42 Å². The summed E-state index contributed by atoms with van der Waals surface area (Å²) in [5, 5.41) is 9.54. The molecule has 0 radical (unpaired) electrons. The Bertz CT molecular complexity index is 2870. The van der Waals surface area contributed by atoms with Crippen LogP contribution in [0.3, 0.4) is 0 Å². The van der Waals surface area contributed by atoms with Crippen molar-refractivity contribution in [2.45, 2.75) is 0 Å². The molecule has 0 saturated heterocycles. The van der Waals surface area contributed by atoms with Gasteiger partial charge in [0.15, 0.2) is 0 Å². The molecule has 0 aliphatic rings. The molecular weight excluding hydrogens is 607 g/mol. The van der Waals surface area contributed by atoms with Gasteiger partial charge in [-0.3, -0.25) is 0 Å². The van der Waals surface area contributed by atoms with Crippen LogP contribution in [0.1, 0.15) is 0 Å². The van der Waals surface area contributed by atoms with E-state index in [2.05, 4.69) is 181 Å². The predicted octanol–water partition coefficient (Wildman–Crippen LogP) is 13.8. The van der Waals surface area contributed by atoms with Crippen molar-refractivity contribution in [2.75, 3.05) is 4.90 Å². The van der Waals surface area contributed by atoms with E-state index in [-0.39, 0.29) is 0 Å². The Labute approximate surface area is 290 Å². The van der Waals surface area contributed by atoms with Gasteiger partial charge in [-0.1, -0.05) is 140 Å². The number of nitrogens with zero attached hydrogens (tertiary/aromatic N) is 1. The molecule has 0 aliphatic carbocycles. The van der Waals surface area contributed by atoms with E-state index >= 15 is 0 Å². The third-order valence-corrected chi connectivity index (χ3v) is 10.0. The van der Waals surface area contributed by atoms with Gasteiger partial charge in [0, 0.05) is 32.8 Å². The van der Waals surface area contributed by atoms with Gasteiger partial charge in [0.05, 0.1) is 11.4 Å². The zero-order valence-electron chi connectivity index (χ0n) is 27.3. The molecule has 0 saturated carbocycles. The average molecular weight is 638 g/mol. The number of fused-ring (bicyclic) bond motifs is 8. The molecule has 9 aromatic carbocycles. The van der Waals surface area contributed by atoms with Gasteiger partial charge in [0.25, 0.3) is 0 Å². The molecule has 2 heteroatoms. The predicted molar refractivity (Wildman–Crippen MR) is 212 cm³/mol. The van der Waals surface area contributed by atoms with Crippen molar-refractivity contribution < 1.29 is 4.42 Å². The summed E-state index contributed by atoms with van der Waals surface area (Å²) in [4.78, 5) is 2.43. The van der Waals surface area contributed by atoms with Crippen molar-refractivity contribution in [3.63, 3.8) is 0 Å². The van der Waals surface area contributed by atoms with Crippen LogP contribution in [0.4, 0.5) is 17.1 Å². The van der Waals surface area contributed by atoms with Gasteiger partial charge in [0.2, 0.25) is 0 Å². The molecule has 1 aromatic heterocycles. The largest absolute Gasteiger partial charge is 0.455 e. The molecule has 0 N–H and O–H groups in total. The molecule has 1 heterocycles. The quantitative estimate of drug-likeness (QED) is 0.175. The topological polar surface area (TPSA) is 16.4 Å². The van der Waals surface area contributed by atoms with Gasteiger partial charge in [-0.2, -0.15) is 0 Å². The molecule has 0 spiro atoms. The van der Waals surface area contributed by atoms with Crippen LogP contribution in [0.25, 0.3) is 76.5 Å². The summed E-state index contributed by atoms with van der Waals surface area (Å²) in [5.74, 6) is 0. The highest BCUT2D eigenvalue weighted by Gasteiger charge is 2.20. The summed E-state index contributed by atoms with van der Waals surface area (Å²) in [5.41, 5.74) is 9.95. The Balaban J connectivity index is 1.14. The highest BCUT2D eigenvalue weighted by Crippen LogP contribution is 2.45. The normalized spacial score (nSPS) is 11.6. The van der Waals surface area contributed by atoms with Crippen molar-refractivity contribution in [2.24, 2.45) is 0 Å². The van der Waals surface area contributed by atoms with Crippen LogP contribution in [0.5, 0.6) is 0 Å². The number of furan rings is 1. The van der Waals surface area contributed by atoms with Crippen LogP contribution in [0.2, 0.25) is 0 Å². The first-order valence-electron chi connectivity index (χ1n) is 17.1. The zero-order chi connectivity index (χ0) is 33.0. The van der Waals surface area contributed by atoms with Crippen LogP contribution >= 0.6 is 0 Å². The Hall–Kier alpha value is -6.64. The van der Waals surface area contributed by atoms with Crippen molar-refractivity contribution in [3.05, 3.63) is 188 Å². The third kappa shape index (κ3) is 4.57. The van der Waals surface area contributed by atoms with Crippen LogP contribution < -0.4 is 4.90 Å². The maximum atomic E-state index is 6.33. The summed E-state index contributed by atoms with van der Waals surface area (Å²) in [6.45, 7) is 0. The Morgan fingerprint density at radius 3 is 1.84 bits per heavy atom. The molecule has 50 heavy (non-hydrogen) atoms. The fourth-order valence-electron chi connectivity index (χ4n) is 7.65. The van der Waals surface area contributed by atoms with Crippen molar-refractivity contribution >= 4 is 71.3 Å². The fourth-order valence-corrected chi connectivity index (χ4v) is 7.65. The number of rotatable bonds is 5. The van der Waals surface area contributed by atoms with E-state index in [1.54, 1.807) is 0 Å². The first kappa shape index (κ1) is 28.4. The van der Waals surface area contributed by atoms with Gasteiger partial charge in [-0.25, -0.2) is 0 Å². The molecule has 0 bridgehead atoms. The monoisotopic (exact) mass is 637 g/mol. The Kier molecular flexibility index (Phi) is 6.53. The summed E-state index contributed by atoms with van der Waals surface area (Å²) in [6.07, 6.45) is 0. The average Bonchev–Trinajstić information content (AvgIpc) is 3.58. The van der Waals surface area contributed by atoms with Crippen molar-refractivity contribution in [3.8, 4) is 22.3 Å². The molecule has 10 rings (SSSR count). The number of hydrogen-bond donors (Lipinski definition) is 0. The zero-order valence-corrected chi connectivity index (χ0v) is 27.3. The highest BCUT2D eigenvalue weighted by molar-refractivity contribution is 6.16. The lowest BCUT2D eigenvalue weighted by Crippen LogP contribution is -2.12. The standard InChI is InChI=1S/C48H31NO/c1-2-12-33(13-3-1)39-16-8-10-20-45(39)49(46-31-35-14-4-5-15-38(35)41-17-6-7-18-42(41)46)37-26-22-32(23-27-37)34-24-28-40-36(30-34)25-29-44-43-19-9-11-21-47(43)50-48(40)44/h1-31H. The second kappa shape index (κ2) is 11.5. The lowest BCUT2D eigenvalue weighted by Gasteiger charge is -2.29. The summed E-state index contributed by atoms with van der Waals surface area (Å²) < 4.78 is 6.33. The highest BCUT2D eigenvalue weighted by atomic mass is 16.3. The molecule has 0 unspecified atom stereocenters. The Morgan fingerprint density at radius 1 is 0.340 bits per heavy atom. The fraction of sp³-hybridized carbons (Fsp3) is 0. The van der Waals surface area contributed by atoms with E-state index in [1.165, 1.54) is 49.2 Å². The summed E-state index contributed by atoms with van der Waals surface area (Å²) in [7, 11) is 0. The minimum Gasteiger partial charge on any atom is -0.455 e. The third-order valence-electron chi connectivity index (χ3n) is 10.0. The van der Waals surface area contributed by atoms with Crippen LogP contribution in [0.15, 0.2) is 192 Å². The number of anilines is 3. The van der Waals surface area contributed by atoms with E-state index in [1.807, 2.05) is 12.1 Å². The van der Waals surface area contributed by atoms with E-state index in [9.17, 15) is 0 Å². The first-order chi connectivity index (χ1) is 24.8. The molecule has 10 aromatic rings. The van der Waals surface area contributed by atoms with Crippen molar-refractivity contribution in [1.29, 1.82) is 0 Å². The van der Waals surface area contributed by atoms with E-state index in [0.29, 0.717) is 0 Å². The summed E-state index contributed by atoms with van der Waals surface area (Å²) in [6, 6.07) is 67.6. The molecule has 0 aliphatic heterocycles. The number of benzene rings is 9. The van der Waals surface area contributed by atoms with Crippen LogP contribution in [-0.4, -0.2) is 0 Å². The number of para-hydroxylation sites is 2. The molecule has 2 nitrogen and oxygen atoms in total. The van der Waals surface area contributed by atoms with E-state index in [0.717, 1.165) is 44.4 Å². The molecular formula is C48H31NO. The maximum Gasteiger partial charge on any atom is 0.143 e. The van der Waals surface area contributed by atoms with Gasteiger partial charge in [-0.05, 0) is 86.8 Å². The second-order valence-corrected chi connectivity index (χ2v) is 12.9. The van der Waals surface area contributed by atoms with Gasteiger partial charge < -0.3 is 9.32 Å². The Morgan fingerprint density at radius 2 is 0.980 bits per heavy atom. The van der Waals surface area contributed by atoms with Crippen LogP contribution in [-0.2, 0) is 0 Å². The minimum atomic E-state index is 0.923. The summed E-state index contributed by atoms with van der Waals surface area (Å²) >= 11 is 0. The number of hydrogen-bond acceptors (Lipinski definition) is 2. The smallest absolute Gasteiger partial charge is 0.143 e. The van der Waals surface area contributed by atoms with Gasteiger partial charge >= 0.3 is 0 Å². The van der Waals surface area contributed by atoms with Crippen molar-refractivity contribution in [1.82, 2.24) is 0 Å². The minimum absolute atomic E-state index is 0.923. The molecule has 0 atom stereocenters.